The first-order valence-electron chi connectivity index (χ1n) is 7.25. The van der Waals surface area contributed by atoms with Gasteiger partial charge in [-0.2, -0.15) is 4.98 Å². The zero-order valence-corrected chi connectivity index (χ0v) is 13.8. The summed E-state index contributed by atoms with van der Waals surface area (Å²) in [6, 6.07) is 1.87. The van der Waals surface area contributed by atoms with Crippen molar-refractivity contribution in [3.05, 3.63) is 6.07 Å². The molecular weight excluding hydrogens is 272 g/mol. The molecular formula is C14H26N4OS. The summed E-state index contributed by atoms with van der Waals surface area (Å²) >= 11 is 1.53. The van der Waals surface area contributed by atoms with Crippen molar-refractivity contribution in [2.75, 3.05) is 44.4 Å². The molecule has 1 N–H and O–H groups in total. The number of aromatic nitrogens is 2. The highest BCUT2D eigenvalue weighted by Crippen LogP contribution is 2.18. The van der Waals surface area contributed by atoms with Gasteiger partial charge in [0.15, 0.2) is 5.16 Å². The van der Waals surface area contributed by atoms with E-state index in [2.05, 4.69) is 41.0 Å². The molecule has 0 radical (unpaired) electrons. The number of nitrogens with one attached hydrogen (secondary N) is 1. The predicted molar refractivity (Wildman–Crippen MR) is 85.9 cm³/mol. The van der Waals surface area contributed by atoms with Crippen LogP contribution in [-0.2, 0) is 0 Å². The molecule has 0 aliphatic heterocycles. The van der Waals surface area contributed by atoms with Gasteiger partial charge in [0, 0.05) is 19.2 Å². The van der Waals surface area contributed by atoms with Gasteiger partial charge in [-0.3, -0.25) is 0 Å². The summed E-state index contributed by atoms with van der Waals surface area (Å²) in [5.74, 6) is 1.49. The molecule has 1 aromatic heterocycles. The second kappa shape index (κ2) is 9.83. The first-order chi connectivity index (χ1) is 9.73. The Kier molecular flexibility index (Phi) is 8.37. The van der Waals surface area contributed by atoms with Crippen molar-refractivity contribution in [2.24, 2.45) is 0 Å². The molecule has 5 nitrogen and oxygen atoms in total. The van der Waals surface area contributed by atoms with Crippen molar-refractivity contribution in [1.82, 2.24) is 14.9 Å². The monoisotopic (exact) mass is 298 g/mol. The van der Waals surface area contributed by atoms with Gasteiger partial charge >= 0.3 is 0 Å². The lowest BCUT2D eigenvalue weighted by Gasteiger charge is -2.18. The van der Waals surface area contributed by atoms with E-state index >= 15 is 0 Å². The Bertz CT molecular complexity index is 385. The van der Waals surface area contributed by atoms with E-state index in [1.807, 2.05) is 12.3 Å². The summed E-state index contributed by atoms with van der Waals surface area (Å²) in [5.41, 5.74) is 0. The lowest BCUT2D eigenvalue weighted by atomic mass is 10.4. The van der Waals surface area contributed by atoms with E-state index in [-0.39, 0.29) is 0 Å². The van der Waals surface area contributed by atoms with Crippen LogP contribution in [0.4, 0.5) is 5.82 Å². The largest absolute Gasteiger partial charge is 0.476 e. The number of ether oxygens (including phenoxy) is 1. The molecule has 0 aliphatic carbocycles. The molecule has 20 heavy (non-hydrogen) atoms. The van der Waals surface area contributed by atoms with E-state index in [0.717, 1.165) is 43.6 Å². The van der Waals surface area contributed by atoms with Gasteiger partial charge in [-0.1, -0.05) is 32.5 Å². The van der Waals surface area contributed by atoms with Gasteiger partial charge in [0.05, 0.1) is 0 Å². The summed E-state index contributed by atoms with van der Waals surface area (Å²) in [5, 5.41) is 4.02. The molecule has 0 aliphatic rings. The molecule has 114 valence electrons. The van der Waals surface area contributed by atoms with E-state index < -0.39 is 0 Å². The smallest absolute Gasteiger partial charge is 0.219 e. The van der Waals surface area contributed by atoms with Gasteiger partial charge in [0.1, 0.15) is 12.4 Å². The van der Waals surface area contributed by atoms with Crippen molar-refractivity contribution in [3.8, 4) is 5.88 Å². The Morgan fingerprint density at radius 2 is 2.00 bits per heavy atom. The minimum absolute atomic E-state index is 0.648. The highest BCUT2D eigenvalue weighted by molar-refractivity contribution is 7.98. The quantitative estimate of drug-likeness (QED) is 0.529. The van der Waals surface area contributed by atoms with E-state index in [1.165, 1.54) is 11.8 Å². The third kappa shape index (κ3) is 5.96. The maximum atomic E-state index is 5.76. The first-order valence-corrected chi connectivity index (χ1v) is 8.48. The average molecular weight is 298 g/mol. The van der Waals surface area contributed by atoms with Crippen LogP contribution in [0.15, 0.2) is 11.2 Å². The molecule has 1 aromatic rings. The van der Waals surface area contributed by atoms with Crippen LogP contribution in [0.2, 0.25) is 0 Å². The molecule has 0 amide bonds. The van der Waals surface area contributed by atoms with Gasteiger partial charge < -0.3 is 15.0 Å². The van der Waals surface area contributed by atoms with Crippen LogP contribution in [0, 0.1) is 0 Å². The first kappa shape index (κ1) is 17.0. The highest BCUT2D eigenvalue weighted by Gasteiger charge is 2.06. The van der Waals surface area contributed by atoms with Crippen molar-refractivity contribution in [1.29, 1.82) is 0 Å². The Hall–Kier alpha value is -1.01. The van der Waals surface area contributed by atoms with Crippen molar-refractivity contribution in [2.45, 2.75) is 32.3 Å². The molecule has 0 spiro atoms. The number of anilines is 1. The molecule has 0 bridgehead atoms. The van der Waals surface area contributed by atoms with Gasteiger partial charge in [-0.15, -0.1) is 0 Å². The molecule has 6 heteroatoms. The Morgan fingerprint density at radius 1 is 1.25 bits per heavy atom. The van der Waals surface area contributed by atoms with E-state index in [1.54, 1.807) is 0 Å². The number of rotatable bonds is 10. The number of likely N-dealkylation sites (N-methyl/N-ethyl adjacent to an activating group) is 1. The van der Waals surface area contributed by atoms with E-state index in [4.69, 9.17) is 4.74 Å². The minimum atomic E-state index is 0.648. The Morgan fingerprint density at radius 3 is 2.60 bits per heavy atom. The van der Waals surface area contributed by atoms with Crippen LogP contribution in [-0.4, -0.2) is 53.9 Å². The summed E-state index contributed by atoms with van der Waals surface area (Å²) in [4.78, 5) is 11.1. The lowest BCUT2D eigenvalue weighted by molar-refractivity contribution is 0.217. The van der Waals surface area contributed by atoms with Crippen LogP contribution >= 0.6 is 11.8 Å². The van der Waals surface area contributed by atoms with Gasteiger partial charge in [-0.25, -0.2) is 4.98 Å². The molecule has 0 unspecified atom stereocenters. The average Bonchev–Trinajstić information content (AvgIpc) is 2.49. The SMILES string of the molecule is CCCNc1cc(OCCN(CC)CC)nc(SC)n1. The van der Waals surface area contributed by atoms with E-state index in [9.17, 15) is 0 Å². The van der Waals surface area contributed by atoms with Crippen molar-refractivity contribution in [3.63, 3.8) is 0 Å². The minimum Gasteiger partial charge on any atom is -0.476 e. The maximum absolute atomic E-state index is 5.76. The zero-order chi connectivity index (χ0) is 14.8. The molecule has 0 saturated carbocycles. The lowest BCUT2D eigenvalue weighted by Crippen LogP contribution is -2.28. The number of nitrogens with zero attached hydrogens (tertiary/aromatic N) is 3. The molecule has 0 aromatic carbocycles. The third-order valence-corrected chi connectivity index (χ3v) is 3.52. The molecule has 1 heterocycles. The van der Waals surface area contributed by atoms with E-state index in [0.29, 0.717) is 12.5 Å². The number of hydrogen-bond acceptors (Lipinski definition) is 6. The topological polar surface area (TPSA) is 50.3 Å². The number of hydrogen-bond donors (Lipinski definition) is 1. The summed E-state index contributed by atoms with van der Waals surface area (Å²) in [6.45, 7) is 11.0. The standard InChI is InChI=1S/C14H26N4OS/c1-5-8-15-12-11-13(17-14(16-12)20-4)19-10-9-18(6-2)7-3/h11H,5-10H2,1-4H3,(H,15,16,17). The predicted octanol–water partition coefficient (Wildman–Crippen LogP) is 2.74. The van der Waals surface area contributed by atoms with Crippen LogP contribution in [0.3, 0.4) is 0 Å². The van der Waals surface area contributed by atoms with Crippen molar-refractivity contribution >= 4 is 17.6 Å². The summed E-state index contributed by atoms with van der Waals surface area (Å²) in [7, 11) is 0. The van der Waals surface area contributed by atoms with Crippen molar-refractivity contribution < 1.29 is 4.74 Å². The molecule has 1 rings (SSSR count). The van der Waals surface area contributed by atoms with Crippen LogP contribution in [0.5, 0.6) is 5.88 Å². The normalized spacial score (nSPS) is 10.8. The van der Waals surface area contributed by atoms with Gasteiger partial charge in [0.2, 0.25) is 5.88 Å². The van der Waals surface area contributed by atoms with Gasteiger partial charge in [-0.05, 0) is 25.8 Å². The fourth-order valence-corrected chi connectivity index (χ4v) is 2.10. The molecule has 0 saturated heterocycles. The van der Waals surface area contributed by atoms with Crippen LogP contribution in [0.1, 0.15) is 27.2 Å². The second-order valence-electron chi connectivity index (χ2n) is 4.38. The van der Waals surface area contributed by atoms with Crippen LogP contribution in [0.25, 0.3) is 0 Å². The van der Waals surface area contributed by atoms with Crippen LogP contribution < -0.4 is 10.1 Å². The fourth-order valence-electron chi connectivity index (χ4n) is 1.73. The zero-order valence-electron chi connectivity index (χ0n) is 13.0. The van der Waals surface area contributed by atoms with Gasteiger partial charge in [0.25, 0.3) is 0 Å². The number of thioether (sulfide) groups is 1. The Balaban J connectivity index is 2.59. The second-order valence-corrected chi connectivity index (χ2v) is 5.15. The summed E-state index contributed by atoms with van der Waals surface area (Å²) in [6.07, 6.45) is 3.04. The fraction of sp³-hybridized carbons (Fsp3) is 0.714. The Labute approximate surface area is 126 Å². The third-order valence-electron chi connectivity index (χ3n) is 2.97. The highest BCUT2D eigenvalue weighted by atomic mass is 32.2. The summed E-state index contributed by atoms with van der Waals surface area (Å²) < 4.78 is 5.76. The molecule has 0 fully saturated rings. The maximum Gasteiger partial charge on any atom is 0.219 e. The molecule has 0 atom stereocenters.